The van der Waals surface area contributed by atoms with Gasteiger partial charge in [0, 0.05) is 19.1 Å². The molecule has 6 heteroatoms. The molecule has 18 heavy (non-hydrogen) atoms. The van der Waals surface area contributed by atoms with Crippen molar-refractivity contribution in [2.45, 2.75) is 45.0 Å². The minimum absolute atomic E-state index is 0.00590. The maximum Gasteiger partial charge on any atom is 0.401 e. The zero-order valence-electron chi connectivity index (χ0n) is 11.0. The van der Waals surface area contributed by atoms with E-state index < -0.39 is 18.8 Å². The summed E-state index contributed by atoms with van der Waals surface area (Å²) in [5, 5.41) is 12.8. The summed E-state index contributed by atoms with van der Waals surface area (Å²) in [5.41, 5.74) is 0. The molecular formula is C12H23F3N2O. The van der Waals surface area contributed by atoms with Crippen molar-refractivity contribution in [1.82, 2.24) is 10.2 Å². The van der Waals surface area contributed by atoms with Gasteiger partial charge in [-0.3, -0.25) is 4.90 Å². The lowest BCUT2D eigenvalue weighted by Gasteiger charge is -2.26. The van der Waals surface area contributed by atoms with Crippen molar-refractivity contribution < 1.29 is 18.3 Å². The second-order valence-electron chi connectivity index (χ2n) is 5.48. The van der Waals surface area contributed by atoms with Crippen LogP contribution in [-0.2, 0) is 0 Å². The number of aliphatic hydroxyl groups excluding tert-OH is 1. The van der Waals surface area contributed by atoms with Crippen molar-refractivity contribution in [3.05, 3.63) is 0 Å². The third kappa shape index (κ3) is 7.18. The molecule has 0 bridgehead atoms. The smallest absolute Gasteiger partial charge is 0.390 e. The van der Waals surface area contributed by atoms with Gasteiger partial charge in [0.25, 0.3) is 0 Å². The van der Waals surface area contributed by atoms with Crippen molar-refractivity contribution in [3.63, 3.8) is 0 Å². The molecule has 0 spiro atoms. The number of aliphatic hydroxyl groups is 1. The molecule has 1 aliphatic carbocycles. The lowest BCUT2D eigenvalue weighted by Crippen LogP contribution is -2.44. The molecule has 0 radical (unpaired) electrons. The van der Waals surface area contributed by atoms with Crippen LogP contribution in [-0.4, -0.2) is 54.5 Å². The zero-order valence-corrected chi connectivity index (χ0v) is 11.0. The van der Waals surface area contributed by atoms with Gasteiger partial charge in [0.1, 0.15) is 0 Å². The highest BCUT2D eigenvalue weighted by Gasteiger charge is 2.38. The molecule has 1 fully saturated rings. The van der Waals surface area contributed by atoms with E-state index in [1.54, 1.807) is 0 Å². The first kappa shape index (κ1) is 15.7. The van der Waals surface area contributed by atoms with E-state index >= 15 is 0 Å². The Morgan fingerprint density at radius 3 is 2.33 bits per heavy atom. The Morgan fingerprint density at radius 2 is 1.89 bits per heavy atom. The maximum atomic E-state index is 12.4. The molecule has 1 unspecified atom stereocenters. The first-order valence-corrected chi connectivity index (χ1v) is 6.47. The quantitative estimate of drug-likeness (QED) is 0.702. The van der Waals surface area contributed by atoms with Gasteiger partial charge in [-0.2, -0.15) is 13.2 Å². The average molecular weight is 268 g/mol. The van der Waals surface area contributed by atoms with Crippen LogP contribution in [0.1, 0.15) is 26.7 Å². The van der Waals surface area contributed by atoms with Crippen LogP contribution < -0.4 is 5.32 Å². The van der Waals surface area contributed by atoms with Crippen molar-refractivity contribution in [3.8, 4) is 0 Å². The molecule has 0 aliphatic heterocycles. The molecule has 1 rings (SSSR count). The zero-order chi connectivity index (χ0) is 13.8. The summed E-state index contributed by atoms with van der Waals surface area (Å²) in [4.78, 5) is 1.35. The molecule has 2 N–H and O–H groups in total. The Morgan fingerprint density at radius 1 is 1.28 bits per heavy atom. The Hall–Kier alpha value is -0.330. The minimum Gasteiger partial charge on any atom is -0.390 e. The van der Waals surface area contributed by atoms with Crippen LogP contribution in [0.2, 0.25) is 0 Å². The van der Waals surface area contributed by atoms with Gasteiger partial charge in [-0.25, -0.2) is 0 Å². The maximum absolute atomic E-state index is 12.4. The number of nitrogens with one attached hydrogen (secondary N) is 1. The van der Waals surface area contributed by atoms with Gasteiger partial charge in [0.05, 0.1) is 12.6 Å². The van der Waals surface area contributed by atoms with E-state index in [-0.39, 0.29) is 12.6 Å². The Labute approximate surface area is 106 Å². The summed E-state index contributed by atoms with van der Waals surface area (Å²) in [5.74, 6) is 0.465. The predicted molar refractivity (Wildman–Crippen MR) is 64.4 cm³/mol. The van der Waals surface area contributed by atoms with Gasteiger partial charge in [-0.05, 0) is 25.3 Å². The first-order chi connectivity index (χ1) is 8.28. The van der Waals surface area contributed by atoms with Crippen molar-refractivity contribution in [2.75, 3.05) is 26.2 Å². The Kier molecular flexibility index (Phi) is 5.88. The molecule has 0 amide bonds. The van der Waals surface area contributed by atoms with Gasteiger partial charge >= 0.3 is 6.18 Å². The molecular weight excluding hydrogens is 245 g/mol. The van der Waals surface area contributed by atoms with Crippen molar-refractivity contribution >= 4 is 0 Å². The third-order valence-electron chi connectivity index (χ3n) is 2.82. The number of rotatable bonds is 8. The van der Waals surface area contributed by atoms with Gasteiger partial charge in [-0.15, -0.1) is 0 Å². The summed E-state index contributed by atoms with van der Waals surface area (Å²) < 4.78 is 37.1. The van der Waals surface area contributed by atoms with Crippen LogP contribution >= 0.6 is 0 Å². The molecule has 3 nitrogen and oxygen atoms in total. The lowest BCUT2D eigenvalue weighted by molar-refractivity contribution is -0.149. The van der Waals surface area contributed by atoms with Crippen LogP contribution in [0, 0.1) is 5.92 Å². The summed E-state index contributed by atoms with van der Waals surface area (Å²) in [7, 11) is 0. The number of hydrogen-bond acceptors (Lipinski definition) is 3. The summed E-state index contributed by atoms with van der Waals surface area (Å²) in [6.45, 7) is 4.37. The summed E-state index contributed by atoms with van der Waals surface area (Å²) >= 11 is 0. The van der Waals surface area contributed by atoms with E-state index in [9.17, 15) is 18.3 Å². The highest BCUT2D eigenvalue weighted by molar-refractivity contribution is 4.87. The Balaban J connectivity index is 2.27. The largest absolute Gasteiger partial charge is 0.401 e. The number of alkyl halides is 3. The van der Waals surface area contributed by atoms with E-state index in [2.05, 4.69) is 5.32 Å². The molecule has 0 aromatic rings. The monoisotopic (exact) mass is 268 g/mol. The highest BCUT2D eigenvalue weighted by Crippen LogP contribution is 2.30. The number of halogens is 3. The van der Waals surface area contributed by atoms with Crippen LogP contribution in [0.4, 0.5) is 13.2 Å². The molecule has 1 saturated carbocycles. The van der Waals surface area contributed by atoms with Crippen LogP contribution in [0.5, 0.6) is 0 Å². The summed E-state index contributed by atoms with van der Waals surface area (Å²) in [6.07, 6.45) is -3.32. The SMILES string of the molecule is CC(C)CNCC(O)CN(CC(F)(F)F)C1CC1. The molecule has 1 atom stereocenters. The fraction of sp³-hybridized carbons (Fsp3) is 1.00. The van der Waals surface area contributed by atoms with E-state index in [1.807, 2.05) is 13.8 Å². The average Bonchev–Trinajstić information content (AvgIpc) is 2.96. The highest BCUT2D eigenvalue weighted by atomic mass is 19.4. The van der Waals surface area contributed by atoms with Crippen molar-refractivity contribution in [2.24, 2.45) is 5.92 Å². The first-order valence-electron chi connectivity index (χ1n) is 6.47. The van der Waals surface area contributed by atoms with Gasteiger partial charge in [-0.1, -0.05) is 13.8 Å². The molecule has 0 heterocycles. The molecule has 108 valence electrons. The van der Waals surface area contributed by atoms with E-state index in [1.165, 1.54) is 4.90 Å². The van der Waals surface area contributed by atoms with Crippen LogP contribution in [0.3, 0.4) is 0 Å². The third-order valence-corrected chi connectivity index (χ3v) is 2.82. The fourth-order valence-electron chi connectivity index (χ4n) is 1.89. The second kappa shape index (κ2) is 6.73. The minimum atomic E-state index is -4.19. The standard InChI is InChI=1S/C12H23F3N2O/c1-9(2)5-16-6-11(18)7-17(10-3-4-10)8-12(13,14)15/h9-11,16,18H,3-8H2,1-2H3. The van der Waals surface area contributed by atoms with Crippen LogP contribution in [0.25, 0.3) is 0 Å². The Bertz CT molecular complexity index is 242. The predicted octanol–water partition coefficient (Wildman–Crippen LogP) is 1.62. The normalized spacial score (nSPS) is 18.7. The van der Waals surface area contributed by atoms with Gasteiger partial charge in [0.15, 0.2) is 0 Å². The van der Waals surface area contributed by atoms with Crippen LogP contribution in [0.15, 0.2) is 0 Å². The van der Waals surface area contributed by atoms with Crippen molar-refractivity contribution in [1.29, 1.82) is 0 Å². The topological polar surface area (TPSA) is 35.5 Å². The number of nitrogens with zero attached hydrogens (tertiary/aromatic N) is 1. The van der Waals surface area contributed by atoms with E-state index in [0.717, 1.165) is 19.4 Å². The van der Waals surface area contributed by atoms with Gasteiger partial charge in [0.2, 0.25) is 0 Å². The molecule has 0 aromatic heterocycles. The number of hydrogen-bond donors (Lipinski definition) is 2. The molecule has 0 saturated heterocycles. The fourth-order valence-corrected chi connectivity index (χ4v) is 1.89. The lowest BCUT2D eigenvalue weighted by atomic mass is 10.2. The second-order valence-corrected chi connectivity index (χ2v) is 5.48. The summed E-state index contributed by atoms with van der Waals surface area (Å²) in [6, 6.07) is 0.00590. The molecule has 1 aliphatic rings. The van der Waals surface area contributed by atoms with E-state index in [0.29, 0.717) is 12.5 Å². The molecule has 0 aromatic carbocycles. The van der Waals surface area contributed by atoms with Gasteiger partial charge < -0.3 is 10.4 Å². The van der Waals surface area contributed by atoms with E-state index in [4.69, 9.17) is 0 Å².